The molecule has 0 saturated heterocycles. The number of phenols is 1. The van der Waals surface area contributed by atoms with Gasteiger partial charge in [-0.25, -0.2) is 9.79 Å². The highest BCUT2D eigenvalue weighted by Gasteiger charge is 2.33. The zero-order valence-electron chi connectivity index (χ0n) is 20.4. The molecule has 1 aliphatic heterocycles. The first-order chi connectivity index (χ1) is 17.1. The summed E-state index contributed by atoms with van der Waals surface area (Å²) >= 11 is 6.21. The third-order valence-corrected chi connectivity index (χ3v) is 7.78. The Morgan fingerprint density at radius 1 is 1.28 bits per heavy atom. The average Bonchev–Trinajstić information content (AvgIpc) is 3.14. The number of thioether (sulfide) groups is 1. The fraction of sp³-hybridized carbons (Fsp3) is 0.269. The average molecular weight is 590 g/mol. The van der Waals surface area contributed by atoms with Crippen molar-refractivity contribution in [3.8, 4) is 11.5 Å². The predicted molar refractivity (Wildman–Crippen MR) is 146 cm³/mol. The SMILES string of the molecule is COc1cc(Br)cc(/C=c2\sc3n(c2=O)[C@@H](c2ccc(SC)cc2)C(C(=O)OC(C)C)=C(C)N=3)c1O. The number of aromatic nitrogens is 1. The monoisotopic (exact) mass is 588 g/mol. The number of halogens is 1. The highest BCUT2D eigenvalue weighted by Crippen LogP contribution is 2.34. The first-order valence-electron chi connectivity index (χ1n) is 11.1. The van der Waals surface area contributed by atoms with Gasteiger partial charge in [0.2, 0.25) is 0 Å². The van der Waals surface area contributed by atoms with E-state index in [4.69, 9.17) is 9.47 Å². The second-order valence-corrected chi connectivity index (χ2v) is 11.2. The Morgan fingerprint density at radius 2 is 1.97 bits per heavy atom. The van der Waals surface area contributed by atoms with Crippen LogP contribution in [0.2, 0.25) is 0 Å². The number of rotatable bonds is 6. The fourth-order valence-electron chi connectivity index (χ4n) is 3.96. The van der Waals surface area contributed by atoms with Crippen LogP contribution < -0.4 is 19.6 Å². The van der Waals surface area contributed by atoms with Crippen molar-refractivity contribution in [3.05, 3.63) is 83.0 Å². The largest absolute Gasteiger partial charge is 0.504 e. The molecule has 0 amide bonds. The minimum Gasteiger partial charge on any atom is -0.504 e. The van der Waals surface area contributed by atoms with Gasteiger partial charge in [0.1, 0.15) is 0 Å². The molecular formula is C26H25BrN2O5S2. The number of esters is 1. The Morgan fingerprint density at radius 3 is 2.58 bits per heavy atom. The highest BCUT2D eigenvalue weighted by atomic mass is 79.9. The molecule has 0 aliphatic carbocycles. The number of benzene rings is 2. The second-order valence-electron chi connectivity index (χ2n) is 8.35. The summed E-state index contributed by atoms with van der Waals surface area (Å²) in [6.07, 6.45) is 3.27. The molecule has 1 atom stereocenters. The summed E-state index contributed by atoms with van der Waals surface area (Å²) in [6.45, 7) is 5.32. The van der Waals surface area contributed by atoms with Crippen molar-refractivity contribution in [2.24, 2.45) is 4.99 Å². The molecule has 10 heteroatoms. The van der Waals surface area contributed by atoms with E-state index in [9.17, 15) is 14.7 Å². The van der Waals surface area contributed by atoms with Gasteiger partial charge in [0.15, 0.2) is 16.3 Å². The summed E-state index contributed by atoms with van der Waals surface area (Å²) in [5.41, 5.74) is 1.70. The number of ether oxygens (including phenoxy) is 2. The number of fused-ring (bicyclic) bond motifs is 1. The van der Waals surface area contributed by atoms with Gasteiger partial charge >= 0.3 is 5.97 Å². The van der Waals surface area contributed by atoms with Crippen LogP contribution in [-0.4, -0.2) is 35.1 Å². The number of hydrogen-bond donors (Lipinski definition) is 1. The molecule has 7 nitrogen and oxygen atoms in total. The maximum Gasteiger partial charge on any atom is 0.338 e. The number of methoxy groups -OCH3 is 1. The first-order valence-corrected chi connectivity index (χ1v) is 13.9. The van der Waals surface area contributed by atoms with Crippen LogP contribution in [0.25, 0.3) is 6.08 Å². The van der Waals surface area contributed by atoms with Gasteiger partial charge in [-0.3, -0.25) is 9.36 Å². The lowest BCUT2D eigenvalue weighted by molar-refractivity contribution is -0.143. The van der Waals surface area contributed by atoms with Crippen molar-refractivity contribution >= 4 is 51.1 Å². The van der Waals surface area contributed by atoms with Crippen LogP contribution in [0.5, 0.6) is 11.5 Å². The summed E-state index contributed by atoms with van der Waals surface area (Å²) < 4.78 is 13.4. The zero-order chi connectivity index (χ0) is 26.1. The molecule has 1 aromatic heterocycles. The lowest BCUT2D eigenvalue weighted by Gasteiger charge is -2.25. The first kappa shape index (κ1) is 26.2. The van der Waals surface area contributed by atoms with E-state index in [-0.39, 0.29) is 23.2 Å². The van der Waals surface area contributed by atoms with E-state index in [1.165, 1.54) is 23.0 Å². The van der Waals surface area contributed by atoms with Crippen LogP contribution in [0, 0.1) is 0 Å². The smallest absolute Gasteiger partial charge is 0.338 e. The molecule has 0 fully saturated rings. The van der Waals surface area contributed by atoms with Crippen molar-refractivity contribution < 1.29 is 19.4 Å². The number of aromatic hydroxyl groups is 1. The van der Waals surface area contributed by atoms with Gasteiger partial charge in [-0.05, 0) is 62.9 Å². The molecule has 0 unspecified atom stereocenters. The lowest BCUT2D eigenvalue weighted by atomic mass is 9.96. The molecule has 188 valence electrons. The number of allylic oxidation sites excluding steroid dienone is 1. The summed E-state index contributed by atoms with van der Waals surface area (Å²) in [5.74, 6) is -0.299. The summed E-state index contributed by atoms with van der Waals surface area (Å²) in [6, 6.07) is 10.4. The van der Waals surface area contributed by atoms with Crippen LogP contribution in [0.1, 0.15) is 37.9 Å². The summed E-state index contributed by atoms with van der Waals surface area (Å²) in [7, 11) is 1.46. The van der Waals surface area contributed by atoms with E-state index in [0.717, 1.165) is 10.5 Å². The molecule has 1 N–H and O–H groups in total. The molecule has 36 heavy (non-hydrogen) atoms. The molecule has 0 spiro atoms. The van der Waals surface area contributed by atoms with Crippen molar-refractivity contribution in [2.75, 3.05) is 13.4 Å². The van der Waals surface area contributed by atoms with Gasteiger partial charge in [0, 0.05) is 14.9 Å². The van der Waals surface area contributed by atoms with Gasteiger partial charge in [0.25, 0.3) is 5.56 Å². The minimum atomic E-state index is -0.698. The minimum absolute atomic E-state index is 0.0758. The van der Waals surface area contributed by atoms with Crippen LogP contribution in [0.4, 0.5) is 0 Å². The standard InChI is InChI=1S/C26H25BrN2O5S2/c1-13(2)34-25(32)21-14(3)28-26-29(22(21)15-6-8-18(35-5)9-7-15)24(31)20(36-26)11-16-10-17(27)12-19(33-4)23(16)30/h6-13,22,30H,1-5H3/b20-11-/t22-/m0/s1. The van der Waals surface area contributed by atoms with Gasteiger partial charge in [-0.15, -0.1) is 11.8 Å². The van der Waals surface area contributed by atoms with E-state index in [1.807, 2.05) is 30.5 Å². The molecule has 2 heterocycles. The Hall–Kier alpha value is -2.82. The quantitative estimate of drug-likeness (QED) is 0.339. The van der Waals surface area contributed by atoms with E-state index in [2.05, 4.69) is 20.9 Å². The van der Waals surface area contributed by atoms with E-state index >= 15 is 0 Å². The predicted octanol–water partition coefficient (Wildman–Crippen LogP) is 4.39. The molecule has 0 radical (unpaired) electrons. The number of carbonyl (C=O) groups is 1. The van der Waals surface area contributed by atoms with Crippen LogP contribution >= 0.6 is 39.0 Å². The normalized spacial score (nSPS) is 15.6. The Kier molecular flexibility index (Phi) is 7.77. The zero-order valence-corrected chi connectivity index (χ0v) is 23.6. The van der Waals surface area contributed by atoms with E-state index in [1.54, 1.807) is 50.7 Å². The van der Waals surface area contributed by atoms with E-state index < -0.39 is 12.0 Å². The molecule has 0 saturated carbocycles. The van der Waals surface area contributed by atoms with Gasteiger partial charge in [-0.2, -0.15) is 0 Å². The Bertz CT molecular complexity index is 1540. The summed E-state index contributed by atoms with van der Waals surface area (Å²) in [5, 5.41) is 10.6. The van der Waals surface area contributed by atoms with Crippen LogP contribution in [-0.2, 0) is 9.53 Å². The van der Waals surface area contributed by atoms with Crippen LogP contribution in [0.3, 0.4) is 0 Å². The van der Waals surface area contributed by atoms with Gasteiger partial charge in [0.05, 0.1) is 35.1 Å². The lowest BCUT2D eigenvalue weighted by Crippen LogP contribution is -2.40. The second kappa shape index (κ2) is 10.7. The van der Waals surface area contributed by atoms with Gasteiger partial charge in [-0.1, -0.05) is 39.4 Å². The molecule has 0 bridgehead atoms. The number of phenolic OH excluding ortho intramolecular Hbond substituents is 1. The number of carbonyl (C=O) groups excluding carboxylic acids is 1. The van der Waals surface area contributed by atoms with Crippen molar-refractivity contribution in [2.45, 2.75) is 37.8 Å². The maximum absolute atomic E-state index is 13.8. The van der Waals surface area contributed by atoms with Crippen molar-refractivity contribution in [3.63, 3.8) is 0 Å². The molecule has 2 aromatic carbocycles. The van der Waals surface area contributed by atoms with E-state index in [0.29, 0.717) is 30.6 Å². The molecular weight excluding hydrogens is 564 g/mol. The Labute approximate surface area is 224 Å². The third kappa shape index (κ3) is 5.02. The number of hydrogen-bond acceptors (Lipinski definition) is 8. The van der Waals surface area contributed by atoms with Crippen LogP contribution in [0.15, 0.2) is 66.8 Å². The highest BCUT2D eigenvalue weighted by molar-refractivity contribution is 9.10. The maximum atomic E-state index is 13.8. The molecule has 1 aliphatic rings. The third-order valence-electron chi connectivity index (χ3n) is 5.59. The Balaban J connectivity index is 1.96. The molecule has 4 rings (SSSR count). The number of thiazole rings is 1. The van der Waals surface area contributed by atoms with Crippen molar-refractivity contribution in [1.82, 2.24) is 4.57 Å². The fourth-order valence-corrected chi connectivity index (χ4v) is 5.86. The number of nitrogens with zero attached hydrogens (tertiary/aromatic N) is 2. The topological polar surface area (TPSA) is 90.1 Å². The van der Waals surface area contributed by atoms with Gasteiger partial charge < -0.3 is 14.6 Å². The molecule has 3 aromatic rings. The summed E-state index contributed by atoms with van der Waals surface area (Å²) in [4.78, 5) is 33.1. The van der Waals surface area contributed by atoms with Crippen molar-refractivity contribution in [1.29, 1.82) is 0 Å².